The van der Waals surface area contributed by atoms with Crippen LogP contribution in [0.25, 0.3) is 10.9 Å². The van der Waals surface area contributed by atoms with E-state index in [1.165, 1.54) is 0 Å². The van der Waals surface area contributed by atoms with E-state index in [0.717, 1.165) is 0 Å². The SMILES string of the molecule is CC(C)CNC(=O)CNc1nc2ccc(N)cc2c(=O)[nH]1. The summed E-state index contributed by atoms with van der Waals surface area (Å²) in [6.45, 7) is 4.70. The van der Waals surface area contributed by atoms with E-state index in [4.69, 9.17) is 5.73 Å². The van der Waals surface area contributed by atoms with E-state index in [-0.39, 0.29) is 24.0 Å². The number of rotatable bonds is 5. The van der Waals surface area contributed by atoms with Gasteiger partial charge < -0.3 is 16.4 Å². The second-order valence-corrected chi connectivity index (χ2v) is 5.24. The molecule has 0 saturated heterocycles. The number of carbonyl (C=O) groups excluding carboxylic acids is 1. The van der Waals surface area contributed by atoms with Crippen molar-refractivity contribution in [3.63, 3.8) is 0 Å². The number of aromatic amines is 1. The Morgan fingerprint density at radius 2 is 2.19 bits per heavy atom. The predicted molar refractivity (Wildman–Crippen MR) is 83.1 cm³/mol. The predicted octanol–water partition coefficient (Wildman–Crippen LogP) is 0.689. The molecule has 1 heterocycles. The number of hydrogen-bond donors (Lipinski definition) is 4. The standard InChI is InChI=1S/C14H19N5O2/c1-8(2)6-16-12(20)7-17-14-18-11-4-3-9(15)5-10(11)13(21)19-14/h3-5,8H,6-7,15H2,1-2H3,(H,16,20)(H2,17,18,19,21). The van der Waals surface area contributed by atoms with E-state index in [1.807, 2.05) is 13.8 Å². The van der Waals surface area contributed by atoms with Gasteiger partial charge in [0.15, 0.2) is 0 Å². The molecule has 1 amide bonds. The summed E-state index contributed by atoms with van der Waals surface area (Å²) < 4.78 is 0. The molecular weight excluding hydrogens is 270 g/mol. The molecule has 0 bridgehead atoms. The molecule has 1 aromatic heterocycles. The van der Waals surface area contributed by atoms with Crippen LogP contribution in [0.2, 0.25) is 0 Å². The third-order valence-electron chi connectivity index (χ3n) is 2.85. The van der Waals surface area contributed by atoms with Gasteiger partial charge in [0, 0.05) is 12.2 Å². The maximum atomic E-state index is 11.9. The molecule has 2 aromatic rings. The van der Waals surface area contributed by atoms with Gasteiger partial charge in [0.1, 0.15) is 0 Å². The van der Waals surface area contributed by atoms with Crippen molar-refractivity contribution in [2.24, 2.45) is 5.92 Å². The molecule has 0 radical (unpaired) electrons. The lowest BCUT2D eigenvalue weighted by atomic mass is 10.2. The van der Waals surface area contributed by atoms with Gasteiger partial charge in [-0.25, -0.2) is 4.98 Å². The Bertz CT molecular complexity index is 708. The number of carbonyl (C=O) groups is 1. The average Bonchev–Trinajstić information content (AvgIpc) is 2.43. The van der Waals surface area contributed by atoms with Gasteiger partial charge in [-0.3, -0.25) is 14.6 Å². The van der Waals surface area contributed by atoms with Gasteiger partial charge in [-0.05, 0) is 24.1 Å². The number of H-pyrrole nitrogens is 1. The van der Waals surface area contributed by atoms with Crippen molar-refractivity contribution in [3.8, 4) is 0 Å². The molecule has 7 nitrogen and oxygen atoms in total. The monoisotopic (exact) mass is 289 g/mol. The molecule has 0 aliphatic carbocycles. The number of nitrogens with one attached hydrogen (secondary N) is 3. The van der Waals surface area contributed by atoms with Crippen molar-refractivity contribution in [2.45, 2.75) is 13.8 Å². The molecule has 0 fully saturated rings. The zero-order valence-corrected chi connectivity index (χ0v) is 12.1. The molecule has 21 heavy (non-hydrogen) atoms. The van der Waals surface area contributed by atoms with Gasteiger partial charge in [-0.2, -0.15) is 0 Å². The van der Waals surface area contributed by atoms with Gasteiger partial charge in [0.05, 0.1) is 17.4 Å². The third kappa shape index (κ3) is 3.95. The van der Waals surface area contributed by atoms with Crippen molar-refractivity contribution in [2.75, 3.05) is 24.1 Å². The molecule has 0 aliphatic heterocycles. The number of fused-ring (bicyclic) bond motifs is 1. The van der Waals surface area contributed by atoms with Crippen molar-refractivity contribution in [1.82, 2.24) is 15.3 Å². The minimum atomic E-state index is -0.294. The Morgan fingerprint density at radius 1 is 1.43 bits per heavy atom. The molecule has 0 aliphatic rings. The highest BCUT2D eigenvalue weighted by Gasteiger charge is 2.06. The van der Waals surface area contributed by atoms with Gasteiger partial charge in [-0.15, -0.1) is 0 Å². The fraction of sp³-hybridized carbons (Fsp3) is 0.357. The van der Waals surface area contributed by atoms with Crippen LogP contribution in [0.4, 0.5) is 11.6 Å². The second-order valence-electron chi connectivity index (χ2n) is 5.24. The maximum absolute atomic E-state index is 11.9. The summed E-state index contributed by atoms with van der Waals surface area (Å²) in [7, 11) is 0. The first-order valence-corrected chi connectivity index (χ1v) is 6.76. The highest BCUT2D eigenvalue weighted by molar-refractivity contribution is 5.83. The van der Waals surface area contributed by atoms with E-state index in [2.05, 4.69) is 20.6 Å². The largest absolute Gasteiger partial charge is 0.399 e. The molecule has 0 spiro atoms. The summed E-state index contributed by atoms with van der Waals surface area (Å²) in [5, 5.41) is 6.00. The summed E-state index contributed by atoms with van der Waals surface area (Å²) in [5.74, 6) is 0.499. The smallest absolute Gasteiger partial charge is 0.260 e. The molecule has 7 heteroatoms. The number of amides is 1. The molecule has 5 N–H and O–H groups in total. The van der Waals surface area contributed by atoms with Crippen molar-refractivity contribution >= 4 is 28.4 Å². The number of anilines is 2. The Labute approximate surface area is 122 Å². The van der Waals surface area contributed by atoms with E-state index in [1.54, 1.807) is 18.2 Å². The van der Waals surface area contributed by atoms with Crippen LogP contribution >= 0.6 is 0 Å². The maximum Gasteiger partial charge on any atom is 0.260 e. The number of aromatic nitrogens is 2. The van der Waals surface area contributed by atoms with Gasteiger partial charge in [0.2, 0.25) is 11.9 Å². The number of hydrogen-bond acceptors (Lipinski definition) is 5. The minimum Gasteiger partial charge on any atom is -0.399 e. The minimum absolute atomic E-state index is 0.0517. The highest BCUT2D eigenvalue weighted by Crippen LogP contribution is 2.12. The number of benzene rings is 1. The molecule has 0 unspecified atom stereocenters. The van der Waals surface area contributed by atoms with Crippen LogP contribution in [-0.2, 0) is 4.79 Å². The zero-order valence-electron chi connectivity index (χ0n) is 12.1. The summed E-state index contributed by atoms with van der Waals surface area (Å²) in [6.07, 6.45) is 0. The summed E-state index contributed by atoms with van der Waals surface area (Å²) in [5.41, 5.74) is 6.37. The first kappa shape index (κ1) is 14.8. The first-order valence-electron chi connectivity index (χ1n) is 6.76. The van der Waals surface area contributed by atoms with Crippen LogP contribution in [0.1, 0.15) is 13.8 Å². The van der Waals surface area contributed by atoms with E-state index >= 15 is 0 Å². The summed E-state index contributed by atoms with van der Waals surface area (Å²) in [6, 6.07) is 4.91. The van der Waals surface area contributed by atoms with E-state index in [9.17, 15) is 9.59 Å². The Morgan fingerprint density at radius 3 is 2.90 bits per heavy atom. The number of nitrogens with two attached hydrogens (primary N) is 1. The van der Waals surface area contributed by atoms with Crippen LogP contribution < -0.4 is 21.9 Å². The normalized spacial score (nSPS) is 10.8. The highest BCUT2D eigenvalue weighted by atomic mass is 16.2. The van der Waals surface area contributed by atoms with Gasteiger partial charge >= 0.3 is 0 Å². The van der Waals surface area contributed by atoms with Crippen molar-refractivity contribution < 1.29 is 4.79 Å². The Balaban J connectivity index is 2.08. The first-order chi connectivity index (χ1) is 9.95. The topological polar surface area (TPSA) is 113 Å². The Hall–Kier alpha value is -2.57. The molecule has 0 saturated carbocycles. The van der Waals surface area contributed by atoms with E-state index < -0.39 is 0 Å². The number of nitrogen functional groups attached to an aromatic ring is 1. The summed E-state index contributed by atoms with van der Waals surface area (Å²) in [4.78, 5) is 30.4. The van der Waals surface area contributed by atoms with Crippen LogP contribution in [0, 0.1) is 5.92 Å². The van der Waals surface area contributed by atoms with Gasteiger partial charge in [0.25, 0.3) is 5.56 Å². The summed E-state index contributed by atoms with van der Waals surface area (Å²) >= 11 is 0. The fourth-order valence-electron chi connectivity index (χ4n) is 1.78. The van der Waals surface area contributed by atoms with Gasteiger partial charge in [-0.1, -0.05) is 13.8 Å². The van der Waals surface area contributed by atoms with Crippen LogP contribution in [0.5, 0.6) is 0 Å². The Kier molecular flexibility index (Phi) is 4.42. The lowest BCUT2D eigenvalue weighted by molar-refractivity contribution is -0.119. The third-order valence-corrected chi connectivity index (χ3v) is 2.85. The fourth-order valence-corrected chi connectivity index (χ4v) is 1.78. The van der Waals surface area contributed by atoms with Crippen LogP contribution in [0.15, 0.2) is 23.0 Å². The molecule has 2 rings (SSSR count). The average molecular weight is 289 g/mol. The zero-order chi connectivity index (χ0) is 15.4. The quantitative estimate of drug-likeness (QED) is 0.605. The second kappa shape index (κ2) is 6.25. The number of nitrogens with zero attached hydrogens (tertiary/aromatic N) is 1. The molecule has 0 atom stereocenters. The van der Waals surface area contributed by atoms with Crippen LogP contribution in [-0.4, -0.2) is 29.0 Å². The van der Waals surface area contributed by atoms with E-state index in [0.29, 0.717) is 29.1 Å². The molecule has 1 aromatic carbocycles. The van der Waals surface area contributed by atoms with Crippen molar-refractivity contribution in [3.05, 3.63) is 28.6 Å². The van der Waals surface area contributed by atoms with Crippen molar-refractivity contribution in [1.29, 1.82) is 0 Å². The van der Waals surface area contributed by atoms with Crippen LogP contribution in [0.3, 0.4) is 0 Å². The molecular formula is C14H19N5O2. The molecule has 112 valence electrons. The lowest BCUT2D eigenvalue weighted by Gasteiger charge is -2.09. The lowest BCUT2D eigenvalue weighted by Crippen LogP contribution is -2.33.